The minimum atomic E-state index is -0.140. The fraction of sp³-hybridized carbons (Fsp3) is 0.462. The Balaban J connectivity index is 1.57. The van der Waals surface area contributed by atoms with Gasteiger partial charge in [0.05, 0.1) is 17.6 Å². The molecule has 1 N–H and O–H groups in total. The molecule has 3 aromatic rings. The highest BCUT2D eigenvalue weighted by Crippen LogP contribution is 2.19. The highest BCUT2D eigenvalue weighted by Gasteiger charge is 2.12. The van der Waals surface area contributed by atoms with Gasteiger partial charge in [0, 0.05) is 6.54 Å². The molecule has 3 rings (SSSR count). The number of hydrogen-bond donors (Lipinski definition) is 1. The van der Waals surface area contributed by atoms with E-state index in [0.717, 1.165) is 46.7 Å². The summed E-state index contributed by atoms with van der Waals surface area (Å²) in [7, 11) is 0. The lowest BCUT2D eigenvalue weighted by Gasteiger charge is -2.12. The monoisotopic (exact) mass is 421 g/mol. The zero-order chi connectivity index (χ0) is 22.1. The van der Waals surface area contributed by atoms with Gasteiger partial charge in [0.1, 0.15) is 11.6 Å². The molecule has 2 aromatic carbocycles. The van der Waals surface area contributed by atoms with Crippen LogP contribution in [0.5, 0.6) is 5.75 Å². The predicted octanol–water partition coefficient (Wildman–Crippen LogP) is 5.71. The summed E-state index contributed by atoms with van der Waals surface area (Å²) in [4.78, 5) is 17.2. The van der Waals surface area contributed by atoms with E-state index in [4.69, 9.17) is 9.72 Å². The predicted molar refractivity (Wildman–Crippen MR) is 126 cm³/mol. The summed E-state index contributed by atoms with van der Waals surface area (Å²) in [6.45, 7) is 7.57. The Morgan fingerprint density at radius 2 is 1.81 bits per heavy atom. The van der Waals surface area contributed by atoms with Crippen LogP contribution in [0.2, 0.25) is 0 Å². The number of nitrogens with one attached hydrogen (secondary N) is 1. The molecule has 0 atom stereocenters. The number of aromatic nitrogens is 2. The Kier molecular flexibility index (Phi) is 8.51. The van der Waals surface area contributed by atoms with Crippen LogP contribution in [0.4, 0.5) is 0 Å². The molecule has 0 saturated heterocycles. The SMILES string of the molecule is CCCCCCCCn1c(CNC(=O)COc2cc(C)ccc2C)nc2ccccc21. The fourth-order valence-electron chi connectivity index (χ4n) is 3.79. The normalized spacial score (nSPS) is 11.1. The van der Waals surface area contributed by atoms with Gasteiger partial charge in [-0.25, -0.2) is 4.98 Å². The maximum absolute atomic E-state index is 12.4. The second-order valence-corrected chi connectivity index (χ2v) is 8.27. The van der Waals surface area contributed by atoms with Crippen LogP contribution in [0.15, 0.2) is 42.5 Å². The van der Waals surface area contributed by atoms with Crippen molar-refractivity contribution >= 4 is 16.9 Å². The largest absolute Gasteiger partial charge is 0.483 e. The molecule has 0 radical (unpaired) electrons. The van der Waals surface area contributed by atoms with Crippen LogP contribution in [-0.4, -0.2) is 22.1 Å². The van der Waals surface area contributed by atoms with E-state index in [2.05, 4.69) is 22.9 Å². The van der Waals surface area contributed by atoms with Crippen LogP contribution < -0.4 is 10.1 Å². The molecule has 0 unspecified atom stereocenters. The average Bonchev–Trinajstić information content (AvgIpc) is 3.13. The summed E-state index contributed by atoms with van der Waals surface area (Å²) in [5, 5.41) is 2.98. The van der Waals surface area contributed by atoms with Crippen LogP contribution in [0.25, 0.3) is 11.0 Å². The maximum Gasteiger partial charge on any atom is 0.258 e. The molecule has 0 aliphatic rings. The number of carbonyl (C=O) groups is 1. The van der Waals surface area contributed by atoms with Crippen LogP contribution in [-0.2, 0) is 17.9 Å². The Labute approximate surface area is 185 Å². The molecular formula is C26H35N3O2. The number of unbranched alkanes of at least 4 members (excludes halogenated alkanes) is 5. The van der Waals surface area contributed by atoms with Crippen molar-refractivity contribution in [2.45, 2.75) is 72.4 Å². The number of fused-ring (bicyclic) bond motifs is 1. The third kappa shape index (κ3) is 6.58. The van der Waals surface area contributed by atoms with Crippen molar-refractivity contribution in [3.63, 3.8) is 0 Å². The van der Waals surface area contributed by atoms with Crippen LogP contribution >= 0.6 is 0 Å². The Morgan fingerprint density at radius 1 is 1.03 bits per heavy atom. The first-order valence-corrected chi connectivity index (χ1v) is 11.5. The van der Waals surface area contributed by atoms with Gasteiger partial charge >= 0.3 is 0 Å². The summed E-state index contributed by atoms with van der Waals surface area (Å²) in [5.74, 6) is 1.51. The van der Waals surface area contributed by atoms with Crippen molar-refractivity contribution in [3.05, 3.63) is 59.4 Å². The molecule has 0 saturated carbocycles. The molecule has 0 fully saturated rings. The molecule has 166 valence electrons. The first kappa shape index (κ1) is 22.9. The number of rotatable bonds is 12. The van der Waals surface area contributed by atoms with Crippen molar-refractivity contribution in [2.75, 3.05) is 6.61 Å². The molecule has 1 heterocycles. The van der Waals surface area contributed by atoms with Gasteiger partial charge in [-0.15, -0.1) is 0 Å². The second kappa shape index (κ2) is 11.5. The molecule has 0 aliphatic carbocycles. The lowest BCUT2D eigenvalue weighted by atomic mass is 10.1. The summed E-state index contributed by atoms with van der Waals surface area (Å²) >= 11 is 0. The molecule has 0 spiro atoms. The van der Waals surface area contributed by atoms with E-state index < -0.39 is 0 Å². The van der Waals surface area contributed by atoms with Crippen molar-refractivity contribution in [1.29, 1.82) is 0 Å². The third-order valence-electron chi connectivity index (χ3n) is 5.61. The number of carbonyl (C=O) groups excluding carboxylic acids is 1. The van der Waals surface area contributed by atoms with Gasteiger partial charge < -0.3 is 14.6 Å². The Hall–Kier alpha value is -2.82. The smallest absolute Gasteiger partial charge is 0.258 e. The maximum atomic E-state index is 12.4. The molecule has 1 aromatic heterocycles. The summed E-state index contributed by atoms with van der Waals surface area (Å²) in [6, 6.07) is 14.2. The highest BCUT2D eigenvalue weighted by molar-refractivity contribution is 5.78. The van der Waals surface area contributed by atoms with Gasteiger partial charge in [0.25, 0.3) is 5.91 Å². The summed E-state index contributed by atoms with van der Waals surface area (Å²) < 4.78 is 7.98. The van der Waals surface area contributed by atoms with Gasteiger partial charge in [-0.3, -0.25) is 4.79 Å². The highest BCUT2D eigenvalue weighted by atomic mass is 16.5. The van der Waals surface area contributed by atoms with E-state index in [1.54, 1.807) is 0 Å². The molecular weight excluding hydrogens is 386 g/mol. The topological polar surface area (TPSA) is 56.2 Å². The van der Waals surface area contributed by atoms with Gasteiger partial charge in [0.2, 0.25) is 0 Å². The van der Waals surface area contributed by atoms with E-state index in [9.17, 15) is 4.79 Å². The zero-order valence-electron chi connectivity index (χ0n) is 19.1. The minimum absolute atomic E-state index is 0.00193. The van der Waals surface area contributed by atoms with Crippen LogP contribution in [0, 0.1) is 13.8 Å². The number of para-hydroxylation sites is 2. The molecule has 0 aliphatic heterocycles. The Morgan fingerprint density at radius 3 is 2.65 bits per heavy atom. The molecule has 5 heteroatoms. The van der Waals surface area contributed by atoms with E-state index in [1.165, 1.54) is 32.1 Å². The van der Waals surface area contributed by atoms with E-state index in [-0.39, 0.29) is 12.5 Å². The van der Waals surface area contributed by atoms with Gasteiger partial charge in [-0.1, -0.05) is 63.3 Å². The Bertz CT molecular complexity index is 993. The number of aryl methyl sites for hydroxylation is 3. The quantitative estimate of drug-likeness (QED) is 0.381. The van der Waals surface area contributed by atoms with Gasteiger partial charge in [-0.2, -0.15) is 0 Å². The van der Waals surface area contributed by atoms with Gasteiger partial charge in [-0.05, 0) is 49.6 Å². The first-order chi connectivity index (χ1) is 15.1. The fourth-order valence-corrected chi connectivity index (χ4v) is 3.79. The lowest BCUT2D eigenvalue weighted by molar-refractivity contribution is -0.123. The number of amides is 1. The summed E-state index contributed by atoms with van der Waals surface area (Å²) in [5.41, 5.74) is 4.25. The number of ether oxygens (including phenoxy) is 1. The first-order valence-electron chi connectivity index (χ1n) is 11.5. The van der Waals surface area contributed by atoms with Crippen molar-refractivity contribution < 1.29 is 9.53 Å². The van der Waals surface area contributed by atoms with Crippen molar-refractivity contribution in [3.8, 4) is 5.75 Å². The average molecular weight is 422 g/mol. The van der Waals surface area contributed by atoms with Crippen LogP contribution in [0.3, 0.4) is 0 Å². The number of hydrogen-bond acceptors (Lipinski definition) is 3. The zero-order valence-corrected chi connectivity index (χ0v) is 19.1. The van der Waals surface area contributed by atoms with E-state index in [1.807, 2.05) is 50.2 Å². The standard InChI is InChI=1S/C26H35N3O2/c1-4-5-6-7-8-11-16-29-23-13-10-9-12-22(23)28-25(29)18-27-26(30)19-31-24-17-20(2)14-15-21(24)3/h9-10,12-15,17H,4-8,11,16,18-19H2,1-3H3,(H,27,30). The number of benzene rings is 2. The number of nitrogens with zero attached hydrogens (tertiary/aromatic N) is 2. The second-order valence-electron chi connectivity index (χ2n) is 8.27. The lowest BCUT2D eigenvalue weighted by Crippen LogP contribution is -2.29. The van der Waals surface area contributed by atoms with Crippen molar-refractivity contribution in [1.82, 2.24) is 14.9 Å². The third-order valence-corrected chi connectivity index (χ3v) is 5.61. The molecule has 1 amide bonds. The van der Waals surface area contributed by atoms with Crippen LogP contribution in [0.1, 0.15) is 62.4 Å². The molecule has 0 bridgehead atoms. The van der Waals surface area contributed by atoms with Gasteiger partial charge in [0.15, 0.2) is 6.61 Å². The summed E-state index contributed by atoms with van der Waals surface area (Å²) in [6.07, 6.45) is 7.52. The van der Waals surface area contributed by atoms with E-state index >= 15 is 0 Å². The van der Waals surface area contributed by atoms with Crippen molar-refractivity contribution in [2.24, 2.45) is 0 Å². The molecule has 31 heavy (non-hydrogen) atoms. The molecule has 5 nitrogen and oxygen atoms in total. The minimum Gasteiger partial charge on any atom is -0.483 e. The van der Waals surface area contributed by atoms with E-state index in [0.29, 0.717) is 6.54 Å². The number of imidazole rings is 1.